The fraction of sp³-hybridized carbons (Fsp3) is 0.292. The molecule has 1 fully saturated rings. The van der Waals surface area contributed by atoms with Crippen molar-refractivity contribution in [1.29, 1.82) is 0 Å². The number of nitrogens with two attached hydrogens (primary N) is 1. The minimum Gasteiger partial charge on any atom is -0.483 e. The maximum absolute atomic E-state index is 13.4. The molecule has 0 aliphatic carbocycles. The maximum Gasteiger partial charge on any atom is 0.274 e. The van der Waals surface area contributed by atoms with E-state index >= 15 is 0 Å². The standard InChI is InChI=1S/C24H26N4O3/c1-27-11-10-20(29)23(31-16-17-5-3-2-4-6-17)22(27)24(30)28-12-9-19(15-28)13-18-7-8-21(25)26-14-18/h2-8,10-11,14,19H,9,12-13,15-16H2,1H3,(H2,25,26). The summed E-state index contributed by atoms with van der Waals surface area (Å²) in [7, 11) is 1.76. The van der Waals surface area contributed by atoms with Gasteiger partial charge >= 0.3 is 0 Å². The van der Waals surface area contributed by atoms with Gasteiger partial charge in [0.15, 0.2) is 11.4 Å². The summed E-state index contributed by atoms with van der Waals surface area (Å²) in [4.78, 5) is 31.8. The van der Waals surface area contributed by atoms with Crippen LogP contribution in [0.2, 0.25) is 0 Å². The van der Waals surface area contributed by atoms with E-state index < -0.39 is 0 Å². The molecule has 1 amide bonds. The molecule has 160 valence electrons. The Hall–Kier alpha value is -3.61. The zero-order valence-corrected chi connectivity index (χ0v) is 17.5. The van der Waals surface area contributed by atoms with Crippen molar-refractivity contribution in [3.63, 3.8) is 0 Å². The molecule has 4 rings (SSSR count). The second kappa shape index (κ2) is 9.04. The normalized spacial score (nSPS) is 15.8. The lowest BCUT2D eigenvalue weighted by Gasteiger charge is -2.20. The van der Waals surface area contributed by atoms with E-state index in [0.29, 0.717) is 30.5 Å². The minimum absolute atomic E-state index is 0.102. The Morgan fingerprint density at radius 1 is 1.16 bits per heavy atom. The van der Waals surface area contributed by atoms with Gasteiger partial charge in [0.25, 0.3) is 5.91 Å². The second-order valence-electron chi connectivity index (χ2n) is 7.94. The number of carbonyl (C=O) groups excluding carboxylic acids is 1. The Kier molecular flexibility index (Phi) is 6.02. The van der Waals surface area contributed by atoms with Gasteiger partial charge in [-0.1, -0.05) is 36.4 Å². The Balaban J connectivity index is 1.49. The quantitative estimate of drug-likeness (QED) is 0.665. The van der Waals surface area contributed by atoms with E-state index in [-0.39, 0.29) is 23.7 Å². The van der Waals surface area contributed by atoms with E-state index in [0.717, 1.165) is 24.0 Å². The molecule has 2 aromatic heterocycles. The molecule has 0 radical (unpaired) electrons. The first-order valence-corrected chi connectivity index (χ1v) is 10.4. The summed E-state index contributed by atoms with van der Waals surface area (Å²) in [5.41, 5.74) is 7.70. The van der Waals surface area contributed by atoms with Crippen molar-refractivity contribution in [2.45, 2.75) is 19.4 Å². The van der Waals surface area contributed by atoms with E-state index in [2.05, 4.69) is 4.98 Å². The van der Waals surface area contributed by atoms with Gasteiger partial charge in [0.2, 0.25) is 5.43 Å². The largest absolute Gasteiger partial charge is 0.483 e. The van der Waals surface area contributed by atoms with Crippen molar-refractivity contribution in [3.05, 3.63) is 88.0 Å². The van der Waals surface area contributed by atoms with E-state index in [1.54, 1.807) is 35.0 Å². The highest BCUT2D eigenvalue weighted by molar-refractivity contribution is 5.95. The van der Waals surface area contributed by atoms with Crippen molar-refractivity contribution in [2.24, 2.45) is 13.0 Å². The van der Waals surface area contributed by atoms with Gasteiger partial charge in [0, 0.05) is 38.6 Å². The number of nitrogen functional groups attached to an aromatic ring is 1. The number of anilines is 1. The Morgan fingerprint density at radius 2 is 1.97 bits per heavy atom. The molecule has 7 nitrogen and oxygen atoms in total. The first-order chi connectivity index (χ1) is 15.0. The van der Waals surface area contributed by atoms with Crippen LogP contribution in [-0.4, -0.2) is 33.4 Å². The number of pyridine rings is 2. The third-order valence-electron chi connectivity index (χ3n) is 5.61. The number of aryl methyl sites for hydroxylation is 1. The highest BCUT2D eigenvalue weighted by Crippen LogP contribution is 2.25. The van der Waals surface area contributed by atoms with Crippen LogP contribution in [0.4, 0.5) is 5.82 Å². The molecule has 1 atom stereocenters. The maximum atomic E-state index is 13.4. The molecule has 0 saturated carbocycles. The number of nitrogens with zero attached hydrogens (tertiary/aromatic N) is 3. The highest BCUT2D eigenvalue weighted by atomic mass is 16.5. The molecule has 1 unspecified atom stereocenters. The topological polar surface area (TPSA) is 90.5 Å². The van der Waals surface area contributed by atoms with E-state index in [1.165, 1.54) is 6.07 Å². The lowest BCUT2D eigenvalue weighted by Crippen LogP contribution is -2.33. The number of ether oxygens (including phenoxy) is 1. The van der Waals surface area contributed by atoms with Crippen molar-refractivity contribution >= 4 is 11.7 Å². The summed E-state index contributed by atoms with van der Waals surface area (Å²) >= 11 is 0. The zero-order chi connectivity index (χ0) is 21.8. The van der Waals surface area contributed by atoms with Gasteiger partial charge in [-0.25, -0.2) is 4.98 Å². The molecule has 3 aromatic rings. The van der Waals surface area contributed by atoms with Crippen LogP contribution in [0.5, 0.6) is 5.75 Å². The van der Waals surface area contributed by atoms with Gasteiger partial charge in [0.05, 0.1) is 0 Å². The number of carbonyl (C=O) groups is 1. The predicted octanol–water partition coefficient (Wildman–Crippen LogP) is 2.65. The van der Waals surface area contributed by atoms with Crippen molar-refractivity contribution in [1.82, 2.24) is 14.5 Å². The average Bonchev–Trinajstić information content (AvgIpc) is 3.24. The molecular weight excluding hydrogens is 392 g/mol. The van der Waals surface area contributed by atoms with Gasteiger partial charge in [-0.05, 0) is 36.0 Å². The monoisotopic (exact) mass is 418 g/mol. The fourth-order valence-corrected chi connectivity index (χ4v) is 3.95. The number of hydrogen-bond donors (Lipinski definition) is 1. The lowest BCUT2D eigenvalue weighted by molar-refractivity contribution is 0.0770. The molecule has 2 N–H and O–H groups in total. The summed E-state index contributed by atoms with van der Waals surface area (Å²) < 4.78 is 7.52. The first-order valence-electron chi connectivity index (χ1n) is 10.4. The molecule has 3 heterocycles. The molecule has 1 aliphatic rings. The van der Waals surface area contributed by atoms with Crippen LogP contribution >= 0.6 is 0 Å². The van der Waals surface area contributed by atoms with Crippen LogP contribution in [0.1, 0.15) is 28.0 Å². The fourth-order valence-electron chi connectivity index (χ4n) is 3.95. The molecule has 31 heavy (non-hydrogen) atoms. The van der Waals surface area contributed by atoms with Gasteiger partial charge in [-0.2, -0.15) is 0 Å². The molecule has 0 bridgehead atoms. The van der Waals surface area contributed by atoms with Crippen LogP contribution in [0.25, 0.3) is 0 Å². The number of aromatic nitrogens is 2. The van der Waals surface area contributed by atoms with Gasteiger partial charge < -0.3 is 19.9 Å². The Labute approximate surface area is 181 Å². The smallest absolute Gasteiger partial charge is 0.274 e. The molecule has 1 aromatic carbocycles. The summed E-state index contributed by atoms with van der Waals surface area (Å²) in [6.45, 7) is 1.50. The molecule has 0 spiro atoms. The summed E-state index contributed by atoms with van der Waals surface area (Å²) in [6.07, 6.45) is 5.13. The molecule has 7 heteroatoms. The summed E-state index contributed by atoms with van der Waals surface area (Å²) in [6, 6.07) is 14.8. The SMILES string of the molecule is Cn1ccc(=O)c(OCc2ccccc2)c1C(=O)N1CCC(Cc2ccc(N)nc2)C1. The van der Waals surface area contributed by atoms with Crippen LogP contribution in [0.3, 0.4) is 0 Å². The van der Waals surface area contributed by atoms with Crippen LogP contribution in [0, 0.1) is 5.92 Å². The number of hydrogen-bond acceptors (Lipinski definition) is 5. The minimum atomic E-state index is -0.291. The third-order valence-corrected chi connectivity index (χ3v) is 5.61. The average molecular weight is 418 g/mol. The summed E-state index contributed by atoms with van der Waals surface area (Å²) in [5.74, 6) is 0.759. The van der Waals surface area contributed by atoms with Gasteiger partial charge in [0.1, 0.15) is 12.4 Å². The summed E-state index contributed by atoms with van der Waals surface area (Å²) in [5, 5.41) is 0. The Bertz CT molecular complexity index is 1110. The van der Waals surface area contributed by atoms with Crippen LogP contribution in [-0.2, 0) is 20.1 Å². The highest BCUT2D eigenvalue weighted by Gasteiger charge is 2.30. The third kappa shape index (κ3) is 4.77. The van der Waals surface area contributed by atoms with Crippen LogP contribution in [0.15, 0.2) is 65.7 Å². The number of likely N-dealkylation sites (tertiary alicyclic amines) is 1. The molecular formula is C24H26N4O3. The van der Waals surface area contributed by atoms with Crippen molar-refractivity contribution in [3.8, 4) is 5.75 Å². The van der Waals surface area contributed by atoms with E-state index in [4.69, 9.17) is 10.5 Å². The lowest BCUT2D eigenvalue weighted by atomic mass is 10.00. The van der Waals surface area contributed by atoms with Crippen molar-refractivity contribution < 1.29 is 9.53 Å². The number of amides is 1. The van der Waals surface area contributed by atoms with Crippen LogP contribution < -0.4 is 15.9 Å². The Morgan fingerprint density at radius 3 is 2.71 bits per heavy atom. The van der Waals surface area contributed by atoms with Gasteiger partial charge in [-0.15, -0.1) is 0 Å². The van der Waals surface area contributed by atoms with Crippen molar-refractivity contribution in [2.75, 3.05) is 18.8 Å². The number of rotatable bonds is 6. The molecule has 1 saturated heterocycles. The van der Waals surface area contributed by atoms with E-state index in [9.17, 15) is 9.59 Å². The zero-order valence-electron chi connectivity index (χ0n) is 17.5. The predicted molar refractivity (Wildman–Crippen MR) is 119 cm³/mol. The van der Waals surface area contributed by atoms with E-state index in [1.807, 2.05) is 36.4 Å². The second-order valence-corrected chi connectivity index (χ2v) is 7.94. The first kappa shape index (κ1) is 20.7. The number of benzene rings is 1. The molecule has 1 aliphatic heterocycles. The van der Waals surface area contributed by atoms with Gasteiger partial charge in [-0.3, -0.25) is 9.59 Å².